The Kier molecular flexibility index (Phi) is 3.71. The largest absolute Gasteiger partial charge is 0.465 e. The van der Waals surface area contributed by atoms with E-state index in [1.165, 1.54) is 4.70 Å². The summed E-state index contributed by atoms with van der Waals surface area (Å²) < 4.78 is 6.40. The van der Waals surface area contributed by atoms with Gasteiger partial charge in [-0.25, -0.2) is 4.98 Å². The Hall–Kier alpha value is -2.40. The van der Waals surface area contributed by atoms with Gasteiger partial charge >= 0.3 is 0 Å². The molecule has 4 rings (SSSR count). The molecule has 0 aliphatic carbocycles. The summed E-state index contributed by atoms with van der Waals surface area (Å²) in [6, 6.07) is 11.8. The lowest BCUT2D eigenvalue weighted by molar-refractivity contribution is -0.126. The molecule has 1 amide bonds. The molecule has 116 valence electrons. The molecule has 1 aliphatic rings. The molecular weight excluding hydrogens is 308 g/mol. The molecule has 4 nitrogen and oxygen atoms in total. The van der Waals surface area contributed by atoms with Gasteiger partial charge < -0.3 is 9.32 Å². The molecule has 0 bridgehead atoms. The van der Waals surface area contributed by atoms with Crippen LogP contribution in [0.1, 0.15) is 29.7 Å². The van der Waals surface area contributed by atoms with Crippen LogP contribution in [0.3, 0.4) is 0 Å². The highest BCUT2D eigenvalue weighted by Gasteiger charge is 2.31. The average Bonchev–Trinajstić information content (AvgIpc) is 3.31. The van der Waals surface area contributed by atoms with E-state index in [4.69, 9.17) is 9.40 Å². The average molecular weight is 324 g/mol. The Bertz CT molecular complexity index is 818. The molecule has 1 unspecified atom stereocenters. The summed E-state index contributed by atoms with van der Waals surface area (Å²) in [5.41, 5.74) is 1.01. The monoisotopic (exact) mass is 324 g/mol. The Morgan fingerprint density at radius 2 is 2.22 bits per heavy atom. The van der Waals surface area contributed by atoms with Gasteiger partial charge in [0.15, 0.2) is 0 Å². The molecule has 1 atom stereocenters. The van der Waals surface area contributed by atoms with E-state index < -0.39 is 0 Å². The first kappa shape index (κ1) is 14.2. The van der Waals surface area contributed by atoms with Crippen molar-refractivity contribution in [2.75, 3.05) is 6.54 Å². The van der Waals surface area contributed by atoms with E-state index >= 15 is 0 Å². The number of para-hydroxylation sites is 1. The molecule has 23 heavy (non-hydrogen) atoms. The van der Waals surface area contributed by atoms with Crippen LogP contribution >= 0.6 is 11.3 Å². The third-order valence-electron chi connectivity index (χ3n) is 4.06. The van der Waals surface area contributed by atoms with Crippen LogP contribution < -0.4 is 0 Å². The van der Waals surface area contributed by atoms with Crippen molar-refractivity contribution in [2.45, 2.75) is 18.9 Å². The van der Waals surface area contributed by atoms with Gasteiger partial charge in [-0.2, -0.15) is 0 Å². The molecule has 3 aromatic rings. The lowest BCUT2D eigenvalue weighted by Crippen LogP contribution is -2.28. The number of amides is 1. The molecule has 0 saturated carbocycles. The van der Waals surface area contributed by atoms with Crippen LogP contribution in [0.5, 0.6) is 0 Å². The van der Waals surface area contributed by atoms with Crippen molar-refractivity contribution in [3.8, 4) is 0 Å². The summed E-state index contributed by atoms with van der Waals surface area (Å²) >= 11 is 1.68. The molecule has 3 heterocycles. The summed E-state index contributed by atoms with van der Waals surface area (Å²) in [4.78, 5) is 19.1. The van der Waals surface area contributed by atoms with Crippen molar-refractivity contribution >= 4 is 33.5 Å². The van der Waals surface area contributed by atoms with E-state index in [1.807, 2.05) is 35.2 Å². The van der Waals surface area contributed by atoms with Gasteiger partial charge in [-0.3, -0.25) is 4.79 Å². The fourth-order valence-corrected chi connectivity index (χ4v) is 4.07. The van der Waals surface area contributed by atoms with Crippen molar-refractivity contribution in [1.82, 2.24) is 9.88 Å². The molecular formula is C18H16N2O2S. The molecule has 0 N–H and O–H groups in total. The van der Waals surface area contributed by atoms with Gasteiger partial charge in [0.05, 0.1) is 22.5 Å². The second-order valence-electron chi connectivity index (χ2n) is 5.56. The smallest absolute Gasteiger partial charge is 0.247 e. The number of carbonyl (C=O) groups excluding carboxylic acids is 1. The summed E-state index contributed by atoms with van der Waals surface area (Å²) in [7, 11) is 0. The molecule has 1 aromatic carbocycles. The van der Waals surface area contributed by atoms with Gasteiger partial charge in [-0.05, 0) is 43.2 Å². The van der Waals surface area contributed by atoms with Crippen molar-refractivity contribution < 1.29 is 9.21 Å². The van der Waals surface area contributed by atoms with Gasteiger partial charge in [0.2, 0.25) is 5.91 Å². The molecule has 0 radical (unpaired) electrons. The molecule has 5 heteroatoms. The number of furan rings is 1. The molecule has 1 aliphatic heterocycles. The van der Waals surface area contributed by atoms with Crippen LogP contribution in [0.25, 0.3) is 16.3 Å². The summed E-state index contributed by atoms with van der Waals surface area (Å²) in [5.74, 6) is 0.706. The van der Waals surface area contributed by atoms with Gasteiger partial charge in [0.25, 0.3) is 0 Å². The number of carbonyl (C=O) groups is 1. The minimum absolute atomic E-state index is 0.0168. The van der Waals surface area contributed by atoms with Crippen molar-refractivity contribution in [2.24, 2.45) is 0 Å². The van der Waals surface area contributed by atoms with Crippen molar-refractivity contribution in [3.05, 3.63) is 59.5 Å². The van der Waals surface area contributed by atoms with Crippen molar-refractivity contribution in [1.29, 1.82) is 0 Å². The third-order valence-corrected chi connectivity index (χ3v) is 5.20. The highest BCUT2D eigenvalue weighted by molar-refractivity contribution is 7.18. The predicted molar refractivity (Wildman–Crippen MR) is 91.1 cm³/mol. The highest BCUT2D eigenvalue weighted by Crippen LogP contribution is 2.36. The Labute approximate surface area is 138 Å². The number of rotatable bonds is 3. The number of fused-ring (bicyclic) bond motifs is 1. The first-order valence-electron chi connectivity index (χ1n) is 7.69. The van der Waals surface area contributed by atoms with E-state index in [0.29, 0.717) is 5.76 Å². The van der Waals surface area contributed by atoms with E-state index in [1.54, 1.807) is 29.8 Å². The number of thiazole rings is 1. The fourth-order valence-electron chi connectivity index (χ4n) is 2.96. The van der Waals surface area contributed by atoms with Crippen LogP contribution in [0.15, 0.2) is 53.2 Å². The second-order valence-corrected chi connectivity index (χ2v) is 6.62. The topological polar surface area (TPSA) is 46.3 Å². The van der Waals surface area contributed by atoms with Crippen LogP contribution in [0.4, 0.5) is 0 Å². The first-order chi connectivity index (χ1) is 11.3. The van der Waals surface area contributed by atoms with Crippen molar-refractivity contribution in [3.63, 3.8) is 0 Å². The number of benzene rings is 1. The maximum atomic E-state index is 12.5. The normalized spacial score (nSPS) is 18.3. The minimum Gasteiger partial charge on any atom is -0.465 e. The quantitative estimate of drug-likeness (QED) is 0.676. The second kappa shape index (κ2) is 6.01. The summed E-state index contributed by atoms with van der Waals surface area (Å²) in [6.07, 6.45) is 6.89. The van der Waals surface area contributed by atoms with Crippen LogP contribution in [0.2, 0.25) is 0 Å². The predicted octanol–water partition coefficient (Wildman–Crippen LogP) is 4.27. The van der Waals surface area contributed by atoms with E-state index in [9.17, 15) is 4.79 Å². The van der Waals surface area contributed by atoms with E-state index in [-0.39, 0.29) is 11.9 Å². The first-order valence-corrected chi connectivity index (χ1v) is 8.50. The van der Waals surface area contributed by atoms with Crippen LogP contribution in [-0.2, 0) is 4.79 Å². The standard InChI is InChI=1S/C18H16N2O2S/c21-17(10-9-13-5-4-12-22-13)20-11-3-7-15(20)18-19-14-6-1-2-8-16(14)23-18/h1-2,4-6,8-10,12,15H,3,7,11H2/b10-9+. The zero-order chi connectivity index (χ0) is 15.6. The van der Waals surface area contributed by atoms with E-state index in [0.717, 1.165) is 29.9 Å². The lowest BCUT2D eigenvalue weighted by atomic mass is 10.2. The van der Waals surface area contributed by atoms with Gasteiger partial charge in [-0.1, -0.05) is 12.1 Å². The zero-order valence-corrected chi connectivity index (χ0v) is 13.3. The Morgan fingerprint density at radius 1 is 1.30 bits per heavy atom. The maximum absolute atomic E-state index is 12.5. The van der Waals surface area contributed by atoms with E-state index in [2.05, 4.69) is 6.07 Å². The van der Waals surface area contributed by atoms with Gasteiger partial charge in [0.1, 0.15) is 10.8 Å². The lowest BCUT2D eigenvalue weighted by Gasteiger charge is -2.21. The molecule has 2 aromatic heterocycles. The number of likely N-dealkylation sites (tertiary alicyclic amines) is 1. The molecule has 1 saturated heterocycles. The molecule has 1 fully saturated rings. The zero-order valence-electron chi connectivity index (χ0n) is 12.5. The number of hydrogen-bond donors (Lipinski definition) is 0. The van der Waals surface area contributed by atoms with Gasteiger partial charge in [0, 0.05) is 12.6 Å². The highest BCUT2D eigenvalue weighted by atomic mass is 32.1. The Balaban J connectivity index is 1.57. The number of hydrogen-bond acceptors (Lipinski definition) is 4. The van der Waals surface area contributed by atoms with Gasteiger partial charge in [-0.15, -0.1) is 11.3 Å². The number of aromatic nitrogens is 1. The fraction of sp³-hybridized carbons (Fsp3) is 0.222. The minimum atomic E-state index is 0.0168. The summed E-state index contributed by atoms with van der Waals surface area (Å²) in [5, 5.41) is 1.03. The number of nitrogens with zero attached hydrogens (tertiary/aromatic N) is 2. The summed E-state index contributed by atoms with van der Waals surface area (Å²) in [6.45, 7) is 0.780. The maximum Gasteiger partial charge on any atom is 0.247 e. The Morgan fingerprint density at radius 3 is 3.04 bits per heavy atom. The van der Waals surface area contributed by atoms with Crippen LogP contribution in [0, 0.1) is 0 Å². The SMILES string of the molecule is O=C(/C=C/c1ccco1)N1CCCC1c1nc2ccccc2s1. The van der Waals surface area contributed by atoms with Crippen LogP contribution in [-0.4, -0.2) is 22.3 Å². The third kappa shape index (κ3) is 2.80. The molecule has 0 spiro atoms.